The molecular formula is C13H13NO. The summed E-state index contributed by atoms with van der Waals surface area (Å²) < 4.78 is 1.87. The zero-order valence-electron chi connectivity index (χ0n) is 8.90. The van der Waals surface area contributed by atoms with E-state index in [0.717, 1.165) is 16.8 Å². The predicted octanol–water partition coefficient (Wildman–Crippen LogP) is 2.56. The molecule has 0 aliphatic carbocycles. The molecule has 2 nitrogen and oxygen atoms in total. The van der Waals surface area contributed by atoms with Crippen molar-refractivity contribution in [1.29, 1.82) is 0 Å². The van der Waals surface area contributed by atoms with Gasteiger partial charge in [-0.3, -0.25) is 4.79 Å². The lowest BCUT2D eigenvalue weighted by molar-refractivity contribution is 0.103. The average molecular weight is 199 g/mol. The van der Waals surface area contributed by atoms with Crippen LogP contribution < -0.4 is 0 Å². The van der Waals surface area contributed by atoms with Crippen LogP contribution in [0.25, 0.3) is 0 Å². The molecule has 2 heteroatoms. The number of hydrogen-bond donors (Lipinski definition) is 0. The number of nitrogens with zero attached hydrogens (tertiary/aromatic N) is 1. The molecule has 0 fully saturated rings. The van der Waals surface area contributed by atoms with Crippen molar-refractivity contribution in [3.05, 3.63) is 59.4 Å². The molecule has 0 bridgehead atoms. The predicted molar refractivity (Wildman–Crippen MR) is 60.0 cm³/mol. The van der Waals surface area contributed by atoms with Crippen LogP contribution in [0.15, 0.2) is 42.6 Å². The minimum absolute atomic E-state index is 0.0839. The fraction of sp³-hybridized carbons (Fsp3) is 0.154. The molecule has 0 aliphatic heterocycles. The van der Waals surface area contributed by atoms with Crippen LogP contribution in [0.2, 0.25) is 0 Å². The van der Waals surface area contributed by atoms with E-state index in [0.29, 0.717) is 0 Å². The highest BCUT2D eigenvalue weighted by atomic mass is 16.1. The molecule has 0 aliphatic rings. The number of aryl methyl sites for hydroxylation is 2. The van der Waals surface area contributed by atoms with E-state index in [1.165, 1.54) is 0 Å². The first-order valence-electron chi connectivity index (χ1n) is 4.92. The third-order valence-electron chi connectivity index (χ3n) is 2.53. The molecule has 0 atom stereocenters. The summed E-state index contributed by atoms with van der Waals surface area (Å²) >= 11 is 0. The van der Waals surface area contributed by atoms with Crippen molar-refractivity contribution in [3.8, 4) is 0 Å². The van der Waals surface area contributed by atoms with Gasteiger partial charge in [0.1, 0.15) is 0 Å². The average Bonchev–Trinajstić information content (AvgIpc) is 2.59. The Morgan fingerprint density at radius 1 is 1.13 bits per heavy atom. The summed E-state index contributed by atoms with van der Waals surface area (Å²) in [7, 11) is 1.89. The van der Waals surface area contributed by atoms with Crippen LogP contribution >= 0.6 is 0 Å². The Labute approximate surface area is 89.2 Å². The first-order chi connectivity index (χ1) is 7.20. The molecule has 0 N–H and O–H groups in total. The second-order valence-electron chi connectivity index (χ2n) is 3.65. The summed E-state index contributed by atoms with van der Waals surface area (Å²) in [5.41, 5.74) is 2.52. The topological polar surface area (TPSA) is 22.0 Å². The second kappa shape index (κ2) is 3.73. The first kappa shape index (κ1) is 9.71. The molecule has 0 radical (unpaired) electrons. The highest BCUT2D eigenvalue weighted by molar-refractivity contribution is 6.08. The van der Waals surface area contributed by atoms with Crippen molar-refractivity contribution in [2.75, 3.05) is 0 Å². The molecule has 0 amide bonds. The summed E-state index contributed by atoms with van der Waals surface area (Å²) in [6.07, 6.45) is 1.91. The zero-order valence-corrected chi connectivity index (χ0v) is 8.90. The maximum absolute atomic E-state index is 12.1. The number of aromatic nitrogens is 1. The number of carbonyl (C=O) groups excluding carboxylic acids is 1. The van der Waals surface area contributed by atoms with Crippen LogP contribution in [0.3, 0.4) is 0 Å². The van der Waals surface area contributed by atoms with Crippen LogP contribution in [0.5, 0.6) is 0 Å². The maximum Gasteiger partial charge on any atom is 0.209 e. The van der Waals surface area contributed by atoms with Gasteiger partial charge < -0.3 is 4.57 Å². The zero-order chi connectivity index (χ0) is 10.8. The summed E-state index contributed by atoms with van der Waals surface area (Å²) in [5.74, 6) is 0.0839. The Balaban J connectivity index is 2.46. The van der Waals surface area contributed by atoms with Crippen molar-refractivity contribution >= 4 is 5.78 Å². The van der Waals surface area contributed by atoms with Crippen LogP contribution in [0.1, 0.15) is 21.6 Å². The van der Waals surface area contributed by atoms with Gasteiger partial charge in [-0.1, -0.05) is 30.3 Å². The van der Waals surface area contributed by atoms with Gasteiger partial charge in [0.25, 0.3) is 0 Å². The molecule has 0 unspecified atom stereocenters. The van der Waals surface area contributed by atoms with Crippen LogP contribution in [0, 0.1) is 6.92 Å². The van der Waals surface area contributed by atoms with E-state index in [9.17, 15) is 4.79 Å². The van der Waals surface area contributed by atoms with E-state index in [-0.39, 0.29) is 5.78 Å². The van der Waals surface area contributed by atoms with E-state index in [1.807, 2.05) is 61.1 Å². The van der Waals surface area contributed by atoms with Crippen LogP contribution in [0.4, 0.5) is 0 Å². The van der Waals surface area contributed by atoms with Gasteiger partial charge in [0.05, 0.1) is 5.69 Å². The summed E-state index contributed by atoms with van der Waals surface area (Å²) in [6, 6.07) is 11.3. The standard InChI is InChI=1S/C13H13NO/c1-10-8-9-14(2)12(10)13(15)11-6-4-3-5-7-11/h3-9H,1-2H3. The summed E-state index contributed by atoms with van der Waals surface area (Å²) in [6.45, 7) is 1.95. The maximum atomic E-state index is 12.1. The Morgan fingerprint density at radius 2 is 1.80 bits per heavy atom. The van der Waals surface area contributed by atoms with Crippen molar-refractivity contribution in [1.82, 2.24) is 4.57 Å². The largest absolute Gasteiger partial charge is 0.348 e. The quantitative estimate of drug-likeness (QED) is 0.681. The van der Waals surface area contributed by atoms with E-state index >= 15 is 0 Å². The third-order valence-corrected chi connectivity index (χ3v) is 2.53. The minimum atomic E-state index is 0.0839. The molecule has 0 saturated heterocycles. The van der Waals surface area contributed by atoms with Gasteiger partial charge in [0.2, 0.25) is 5.78 Å². The molecular weight excluding hydrogens is 186 g/mol. The number of ketones is 1. The smallest absolute Gasteiger partial charge is 0.209 e. The summed E-state index contributed by atoms with van der Waals surface area (Å²) in [4.78, 5) is 12.1. The molecule has 15 heavy (non-hydrogen) atoms. The Hall–Kier alpha value is -1.83. The number of carbonyl (C=O) groups is 1. The van der Waals surface area contributed by atoms with E-state index < -0.39 is 0 Å². The molecule has 1 aromatic heterocycles. The van der Waals surface area contributed by atoms with Gasteiger partial charge in [-0.05, 0) is 18.6 Å². The number of hydrogen-bond acceptors (Lipinski definition) is 1. The Kier molecular flexibility index (Phi) is 2.42. The Bertz CT molecular complexity index is 463. The number of benzene rings is 1. The fourth-order valence-corrected chi connectivity index (χ4v) is 1.72. The van der Waals surface area contributed by atoms with E-state index in [4.69, 9.17) is 0 Å². The van der Waals surface area contributed by atoms with Crippen molar-refractivity contribution in [2.24, 2.45) is 7.05 Å². The van der Waals surface area contributed by atoms with E-state index in [2.05, 4.69) is 0 Å². The molecule has 2 aromatic rings. The van der Waals surface area contributed by atoms with Crippen LogP contribution in [-0.4, -0.2) is 10.4 Å². The summed E-state index contributed by atoms with van der Waals surface area (Å²) in [5, 5.41) is 0. The van der Waals surface area contributed by atoms with Gasteiger partial charge in [0.15, 0.2) is 0 Å². The first-order valence-corrected chi connectivity index (χ1v) is 4.92. The van der Waals surface area contributed by atoms with Crippen molar-refractivity contribution in [2.45, 2.75) is 6.92 Å². The lowest BCUT2D eigenvalue weighted by Crippen LogP contribution is -2.08. The highest BCUT2D eigenvalue weighted by Crippen LogP contribution is 2.14. The lowest BCUT2D eigenvalue weighted by Gasteiger charge is -2.04. The van der Waals surface area contributed by atoms with Gasteiger partial charge in [-0.25, -0.2) is 0 Å². The molecule has 76 valence electrons. The molecule has 1 aromatic carbocycles. The van der Waals surface area contributed by atoms with Gasteiger partial charge in [-0.15, -0.1) is 0 Å². The van der Waals surface area contributed by atoms with Crippen molar-refractivity contribution < 1.29 is 4.79 Å². The number of rotatable bonds is 2. The van der Waals surface area contributed by atoms with Gasteiger partial charge in [0, 0.05) is 18.8 Å². The molecule has 0 spiro atoms. The SMILES string of the molecule is Cc1ccn(C)c1C(=O)c1ccccc1. The highest BCUT2D eigenvalue weighted by Gasteiger charge is 2.14. The third kappa shape index (κ3) is 1.71. The molecule has 0 saturated carbocycles. The normalized spacial score (nSPS) is 10.3. The van der Waals surface area contributed by atoms with Gasteiger partial charge in [-0.2, -0.15) is 0 Å². The molecule has 1 heterocycles. The monoisotopic (exact) mass is 199 g/mol. The lowest BCUT2D eigenvalue weighted by atomic mass is 10.1. The second-order valence-corrected chi connectivity index (χ2v) is 3.65. The fourth-order valence-electron chi connectivity index (χ4n) is 1.72. The Morgan fingerprint density at radius 3 is 2.33 bits per heavy atom. The van der Waals surface area contributed by atoms with Crippen LogP contribution in [-0.2, 0) is 7.05 Å². The molecule has 2 rings (SSSR count). The minimum Gasteiger partial charge on any atom is -0.348 e. The van der Waals surface area contributed by atoms with Crippen molar-refractivity contribution in [3.63, 3.8) is 0 Å². The van der Waals surface area contributed by atoms with E-state index in [1.54, 1.807) is 0 Å². The van der Waals surface area contributed by atoms with Gasteiger partial charge >= 0.3 is 0 Å².